The highest BCUT2D eigenvalue weighted by atomic mass is 79.9. The molecule has 2 nitrogen and oxygen atoms in total. The van der Waals surface area contributed by atoms with E-state index >= 15 is 0 Å². The Morgan fingerprint density at radius 2 is 2.00 bits per heavy atom. The molecule has 3 rings (SSSR count). The lowest BCUT2D eigenvalue weighted by atomic mass is 9.97. The fourth-order valence-corrected chi connectivity index (χ4v) is 4.66. The first kappa shape index (κ1) is 14.6. The second kappa shape index (κ2) is 5.82. The molecule has 110 valence electrons. The third-order valence-corrected chi connectivity index (χ3v) is 5.35. The maximum atomic E-state index is 13.4. The van der Waals surface area contributed by atoms with Gasteiger partial charge in [0.05, 0.1) is 10.7 Å². The van der Waals surface area contributed by atoms with Crippen LogP contribution in [0.5, 0.6) is 0 Å². The summed E-state index contributed by atoms with van der Waals surface area (Å²) in [6.07, 6.45) is 6.11. The van der Waals surface area contributed by atoms with E-state index in [2.05, 4.69) is 26.1 Å². The van der Waals surface area contributed by atoms with Gasteiger partial charge in [0, 0.05) is 23.1 Å². The number of hydrogen-bond donors (Lipinski definition) is 1. The van der Waals surface area contributed by atoms with Gasteiger partial charge in [0.15, 0.2) is 0 Å². The summed E-state index contributed by atoms with van der Waals surface area (Å²) in [5, 5.41) is 4.23. The molecule has 1 saturated carbocycles. The summed E-state index contributed by atoms with van der Waals surface area (Å²) in [7, 11) is 0. The zero-order valence-electron chi connectivity index (χ0n) is 11.4. The second-order valence-electron chi connectivity index (χ2n) is 5.91. The van der Waals surface area contributed by atoms with Gasteiger partial charge in [0.25, 0.3) is 0 Å². The Balaban J connectivity index is 1.92. The van der Waals surface area contributed by atoms with Crippen molar-refractivity contribution in [1.82, 2.24) is 5.32 Å². The Labute approximate surface area is 132 Å². The smallest absolute Gasteiger partial charge is 0.125 e. The predicted octanol–water partition coefficient (Wildman–Crippen LogP) is 4.35. The van der Waals surface area contributed by atoms with Crippen LogP contribution in [0.1, 0.15) is 32.1 Å². The molecule has 1 aromatic carbocycles. The van der Waals surface area contributed by atoms with Crippen LogP contribution in [0.25, 0.3) is 0 Å². The van der Waals surface area contributed by atoms with Crippen molar-refractivity contribution in [3.63, 3.8) is 0 Å². The molecule has 2 fully saturated rings. The third-order valence-electron chi connectivity index (χ3n) is 4.46. The Bertz CT molecular complexity index is 480. The van der Waals surface area contributed by atoms with Crippen molar-refractivity contribution < 1.29 is 4.39 Å². The fraction of sp³-hybridized carbons (Fsp3) is 0.600. The SMILES string of the molecule is Fc1cc(Cl)c(N2CCCNC3(CCCC3)C2)c(Br)c1. The summed E-state index contributed by atoms with van der Waals surface area (Å²) < 4.78 is 14.2. The molecule has 1 N–H and O–H groups in total. The van der Waals surface area contributed by atoms with Gasteiger partial charge in [-0.25, -0.2) is 4.39 Å². The molecule has 1 saturated heterocycles. The molecule has 0 atom stereocenters. The van der Waals surface area contributed by atoms with Crippen molar-refractivity contribution in [2.24, 2.45) is 0 Å². The second-order valence-corrected chi connectivity index (χ2v) is 7.17. The first-order valence-corrected chi connectivity index (χ1v) is 8.41. The van der Waals surface area contributed by atoms with Crippen molar-refractivity contribution in [2.75, 3.05) is 24.5 Å². The van der Waals surface area contributed by atoms with Gasteiger partial charge in [0.1, 0.15) is 5.82 Å². The minimum absolute atomic E-state index is 0.216. The van der Waals surface area contributed by atoms with E-state index < -0.39 is 0 Å². The molecule has 1 aliphatic carbocycles. The molecule has 0 unspecified atom stereocenters. The number of hydrogen-bond acceptors (Lipinski definition) is 2. The standard InChI is InChI=1S/C15H19BrClFN2/c16-12-8-11(18)9-13(17)14(12)20-7-3-6-19-15(10-20)4-1-2-5-15/h8-9,19H,1-7,10H2. The minimum Gasteiger partial charge on any atom is -0.368 e. The Morgan fingerprint density at radius 3 is 2.70 bits per heavy atom. The molecule has 2 aliphatic rings. The number of anilines is 1. The van der Waals surface area contributed by atoms with Gasteiger partial charge < -0.3 is 10.2 Å². The Hall–Kier alpha value is -0.320. The van der Waals surface area contributed by atoms with Crippen molar-refractivity contribution in [2.45, 2.75) is 37.6 Å². The van der Waals surface area contributed by atoms with Crippen LogP contribution in [0, 0.1) is 5.82 Å². The van der Waals surface area contributed by atoms with Gasteiger partial charge in [-0.15, -0.1) is 0 Å². The lowest BCUT2D eigenvalue weighted by molar-refractivity contribution is 0.354. The molecule has 1 spiro atoms. The molecule has 0 aromatic heterocycles. The summed E-state index contributed by atoms with van der Waals surface area (Å²) in [5.74, 6) is -0.297. The average Bonchev–Trinajstić information content (AvgIpc) is 2.71. The van der Waals surface area contributed by atoms with Gasteiger partial charge in [-0.2, -0.15) is 0 Å². The van der Waals surface area contributed by atoms with Gasteiger partial charge in [-0.3, -0.25) is 0 Å². The number of halogens is 3. The highest BCUT2D eigenvalue weighted by Gasteiger charge is 2.37. The fourth-order valence-electron chi connectivity index (χ4n) is 3.54. The lowest BCUT2D eigenvalue weighted by Crippen LogP contribution is -2.49. The van der Waals surface area contributed by atoms with E-state index in [1.807, 2.05) is 0 Å². The largest absolute Gasteiger partial charge is 0.368 e. The number of nitrogens with zero attached hydrogens (tertiary/aromatic N) is 1. The van der Waals surface area contributed by atoms with E-state index in [-0.39, 0.29) is 11.4 Å². The minimum atomic E-state index is -0.297. The maximum absolute atomic E-state index is 13.4. The Morgan fingerprint density at radius 1 is 1.25 bits per heavy atom. The number of nitrogens with one attached hydrogen (secondary N) is 1. The zero-order chi connectivity index (χ0) is 14.2. The molecule has 20 heavy (non-hydrogen) atoms. The molecule has 1 aromatic rings. The lowest BCUT2D eigenvalue weighted by Gasteiger charge is -2.35. The van der Waals surface area contributed by atoms with E-state index in [9.17, 15) is 4.39 Å². The average molecular weight is 362 g/mol. The molecule has 1 aliphatic heterocycles. The topological polar surface area (TPSA) is 15.3 Å². The molecule has 1 heterocycles. The highest BCUT2D eigenvalue weighted by Crippen LogP contribution is 2.39. The van der Waals surface area contributed by atoms with Crippen LogP contribution in [-0.2, 0) is 0 Å². The normalized spacial score (nSPS) is 22.2. The van der Waals surface area contributed by atoms with Crippen LogP contribution in [-0.4, -0.2) is 25.2 Å². The third kappa shape index (κ3) is 2.83. The molecular formula is C15H19BrClFN2. The van der Waals surface area contributed by atoms with E-state index in [0.29, 0.717) is 5.02 Å². The summed E-state index contributed by atoms with van der Waals surface area (Å²) in [6, 6.07) is 2.90. The molecule has 0 radical (unpaired) electrons. The maximum Gasteiger partial charge on any atom is 0.125 e. The molecule has 0 bridgehead atoms. The number of benzene rings is 1. The first-order chi connectivity index (χ1) is 9.60. The van der Waals surface area contributed by atoms with Crippen molar-refractivity contribution in [1.29, 1.82) is 0 Å². The van der Waals surface area contributed by atoms with Gasteiger partial charge in [-0.1, -0.05) is 24.4 Å². The Kier molecular flexibility index (Phi) is 4.25. The van der Waals surface area contributed by atoms with Crippen LogP contribution in [0.2, 0.25) is 5.02 Å². The molecule has 0 amide bonds. The monoisotopic (exact) mass is 360 g/mol. The highest BCUT2D eigenvalue weighted by molar-refractivity contribution is 9.10. The van der Waals surface area contributed by atoms with Crippen molar-refractivity contribution in [3.8, 4) is 0 Å². The van der Waals surface area contributed by atoms with Gasteiger partial charge >= 0.3 is 0 Å². The van der Waals surface area contributed by atoms with Crippen LogP contribution < -0.4 is 10.2 Å². The van der Waals surface area contributed by atoms with Crippen LogP contribution in [0.3, 0.4) is 0 Å². The summed E-state index contributed by atoms with van der Waals surface area (Å²) >= 11 is 9.75. The molecule has 5 heteroatoms. The van der Waals surface area contributed by atoms with E-state index in [0.717, 1.165) is 36.2 Å². The zero-order valence-corrected chi connectivity index (χ0v) is 13.7. The van der Waals surface area contributed by atoms with E-state index in [4.69, 9.17) is 11.6 Å². The van der Waals surface area contributed by atoms with E-state index in [1.165, 1.54) is 37.8 Å². The van der Waals surface area contributed by atoms with Crippen molar-refractivity contribution in [3.05, 3.63) is 27.4 Å². The predicted molar refractivity (Wildman–Crippen MR) is 85.1 cm³/mol. The van der Waals surface area contributed by atoms with E-state index in [1.54, 1.807) is 0 Å². The van der Waals surface area contributed by atoms with Crippen LogP contribution in [0.4, 0.5) is 10.1 Å². The summed E-state index contributed by atoms with van der Waals surface area (Å²) in [6.45, 7) is 2.96. The first-order valence-electron chi connectivity index (χ1n) is 7.24. The number of rotatable bonds is 1. The van der Waals surface area contributed by atoms with Gasteiger partial charge in [0.2, 0.25) is 0 Å². The van der Waals surface area contributed by atoms with Crippen molar-refractivity contribution >= 4 is 33.2 Å². The quantitative estimate of drug-likeness (QED) is 0.800. The van der Waals surface area contributed by atoms with Crippen LogP contribution in [0.15, 0.2) is 16.6 Å². The molecular weight excluding hydrogens is 343 g/mol. The summed E-state index contributed by atoms with van der Waals surface area (Å²) in [5.41, 5.74) is 1.15. The van der Waals surface area contributed by atoms with Gasteiger partial charge in [-0.05, 0) is 53.9 Å². The summed E-state index contributed by atoms with van der Waals surface area (Å²) in [4.78, 5) is 2.32. The van der Waals surface area contributed by atoms with Crippen LogP contribution >= 0.6 is 27.5 Å².